The Morgan fingerprint density at radius 3 is 2.88 bits per heavy atom. The summed E-state index contributed by atoms with van der Waals surface area (Å²) < 4.78 is 3.88. The van der Waals surface area contributed by atoms with E-state index < -0.39 is 0 Å². The number of benzene rings is 1. The van der Waals surface area contributed by atoms with Crippen molar-refractivity contribution in [2.24, 2.45) is 0 Å². The van der Waals surface area contributed by atoms with Crippen LogP contribution in [0.25, 0.3) is 5.69 Å². The van der Waals surface area contributed by atoms with Crippen LogP contribution in [0.4, 0.5) is 0 Å². The number of nitrogens with zero attached hydrogens (tertiary/aromatic N) is 7. The largest absolute Gasteiger partial charge is 0.299 e. The lowest BCUT2D eigenvalue weighted by Gasteiger charge is -2.24. The second-order valence-corrected chi connectivity index (χ2v) is 6.51. The summed E-state index contributed by atoms with van der Waals surface area (Å²) in [7, 11) is 0. The molecule has 0 saturated carbocycles. The van der Waals surface area contributed by atoms with Crippen LogP contribution in [0.3, 0.4) is 0 Å². The van der Waals surface area contributed by atoms with E-state index in [2.05, 4.69) is 25.5 Å². The van der Waals surface area contributed by atoms with Gasteiger partial charge in [0.05, 0.1) is 12.2 Å². The minimum Gasteiger partial charge on any atom is -0.299 e. The van der Waals surface area contributed by atoms with Gasteiger partial charge in [-0.3, -0.25) is 9.58 Å². The molecule has 2 aromatic heterocycles. The minimum atomic E-state index is 0.588. The van der Waals surface area contributed by atoms with Crippen molar-refractivity contribution >= 4 is 0 Å². The van der Waals surface area contributed by atoms with Gasteiger partial charge in [0.1, 0.15) is 0 Å². The number of aryl methyl sites for hydroxylation is 1. The first-order chi connectivity index (χ1) is 12.4. The van der Waals surface area contributed by atoms with Gasteiger partial charge in [-0.15, -0.1) is 5.10 Å². The molecule has 0 bridgehead atoms. The van der Waals surface area contributed by atoms with E-state index in [9.17, 15) is 0 Å². The lowest BCUT2D eigenvalue weighted by molar-refractivity contribution is 0.224. The molecule has 3 heterocycles. The van der Waals surface area contributed by atoms with Crippen LogP contribution in [0, 0.1) is 0 Å². The molecule has 0 radical (unpaired) electrons. The van der Waals surface area contributed by atoms with Gasteiger partial charge in [-0.2, -0.15) is 9.78 Å². The number of tetrazole rings is 1. The lowest BCUT2D eigenvalue weighted by Crippen LogP contribution is -2.34. The van der Waals surface area contributed by atoms with Crippen molar-refractivity contribution in [2.45, 2.75) is 38.3 Å². The summed E-state index contributed by atoms with van der Waals surface area (Å²) in [6.45, 7) is 3.23. The van der Waals surface area contributed by atoms with Gasteiger partial charge in [0.25, 0.3) is 0 Å². The molecule has 1 saturated heterocycles. The summed E-state index contributed by atoms with van der Waals surface area (Å²) >= 11 is 0. The molecule has 1 aliphatic heterocycles. The summed E-state index contributed by atoms with van der Waals surface area (Å²) in [5, 5.41) is 16.5. The molecule has 130 valence electrons. The lowest BCUT2D eigenvalue weighted by atomic mass is 10.2. The van der Waals surface area contributed by atoms with Crippen LogP contribution in [0.2, 0.25) is 0 Å². The van der Waals surface area contributed by atoms with Gasteiger partial charge >= 0.3 is 0 Å². The van der Waals surface area contributed by atoms with Crippen molar-refractivity contribution in [2.75, 3.05) is 13.1 Å². The van der Waals surface area contributed by atoms with E-state index in [0.29, 0.717) is 6.04 Å². The monoisotopic (exact) mass is 337 g/mol. The highest BCUT2D eigenvalue weighted by molar-refractivity contribution is 5.30. The topological polar surface area (TPSA) is 64.7 Å². The summed E-state index contributed by atoms with van der Waals surface area (Å²) in [5.41, 5.74) is 1.01. The Morgan fingerprint density at radius 1 is 1.12 bits per heavy atom. The summed E-state index contributed by atoms with van der Waals surface area (Å²) in [6.07, 6.45) is 8.36. The molecule has 1 aliphatic rings. The molecule has 0 aliphatic carbocycles. The third-order valence-electron chi connectivity index (χ3n) is 4.84. The molecule has 7 heteroatoms. The maximum Gasteiger partial charge on any atom is 0.156 e. The Balaban J connectivity index is 1.33. The Morgan fingerprint density at radius 2 is 2.04 bits per heavy atom. The molecule has 0 amide bonds. The molecule has 3 aromatic rings. The van der Waals surface area contributed by atoms with Gasteiger partial charge in [0, 0.05) is 24.9 Å². The number of aromatic nitrogens is 6. The fraction of sp³-hybridized carbons (Fsp3) is 0.444. The van der Waals surface area contributed by atoms with Crippen LogP contribution >= 0.6 is 0 Å². The van der Waals surface area contributed by atoms with Crippen LogP contribution in [0.5, 0.6) is 0 Å². The third-order valence-corrected chi connectivity index (χ3v) is 4.84. The average molecular weight is 337 g/mol. The highest BCUT2D eigenvalue weighted by atomic mass is 15.5. The van der Waals surface area contributed by atoms with Crippen LogP contribution in [-0.4, -0.2) is 54.0 Å². The van der Waals surface area contributed by atoms with Crippen molar-refractivity contribution in [3.8, 4) is 5.69 Å². The number of rotatable bonds is 7. The number of likely N-dealkylation sites (tertiary alicyclic amines) is 1. The van der Waals surface area contributed by atoms with Gasteiger partial charge in [-0.25, -0.2) is 0 Å². The van der Waals surface area contributed by atoms with E-state index >= 15 is 0 Å². The molecule has 0 spiro atoms. The van der Waals surface area contributed by atoms with E-state index in [1.807, 2.05) is 58.2 Å². The molecule has 1 unspecified atom stereocenters. The van der Waals surface area contributed by atoms with Gasteiger partial charge in [0.2, 0.25) is 0 Å². The fourth-order valence-corrected chi connectivity index (χ4v) is 3.59. The highest BCUT2D eigenvalue weighted by Crippen LogP contribution is 2.19. The summed E-state index contributed by atoms with van der Waals surface area (Å²) in [6, 6.07) is 12.6. The maximum atomic E-state index is 4.34. The summed E-state index contributed by atoms with van der Waals surface area (Å²) in [4.78, 5) is 2.58. The van der Waals surface area contributed by atoms with Crippen LogP contribution in [-0.2, 0) is 13.0 Å². The molecule has 4 rings (SSSR count). The third kappa shape index (κ3) is 3.76. The molecule has 1 aromatic carbocycles. The zero-order valence-corrected chi connectivity index (χ0v) is 14.3. The maximum absolute atomic E-state index is 4.34. The molecule has 1 atom stereocenters. The summed E-state index contributed by atoms with van der Waals surface area (Å²) in [5.74, 6) is 0.925. The minimum absolute atomic E-state index is 0.588. The quantitative estimate of drug-likeness (QED) is 0.659. The van der Waals surface area contributed by atoms with Crippen LogP contribution < -0.4 is 0 Å². The average Bonchev–Trinajstić information content (AvgIpc) is 3.39. The molecule has 25 heavy (non-hydrogen) atoms. The molecule has 7 nitrogen and oxygen atoms in total. The number of hydrogen-bond acceptors (Lipinski definition) is 5. The first kappa shape index (κ1) is 16.0. The predicted molar refractivity (Wildman–Crippen MR) is 94.3 cm³/mol. The highest BCUT2D eigenvalue weighted by Gasteiger charge is 2.24. The Labute approximate surface area is 147 Å². The van der Waals surface area contributed by atoms with Crippen LogP contribution in [0.1, 0.15) is 25.1 Å². The zero-order valence-electron chi connectivity index (χ0n) is 14.3. The van der Waals surface area contributed by atoms with E-state index in [-0.39, 0.29) is 0 Å². The van der Waals surface area contributed by atoms with E-state index in [1.54, 1.807) is 0 Å². The van der Waals surface area contributed by atoms with Gasteiger partial charge in [-0.1, -0.05) is 18.2 Å². The molecule has 1 fully saturated rings. The van der Waals surface area contributed by atoms with E-state index in [0.717, 1.165) is 37.4 Å². The molecular weight excluding hydrogens is 314 g/mol. The Bertz CT molecular complexity index is 766. The second kappa shape index (κ2) is 7.57. The fourth-order valence-electron chi connectivity index (χ4n) is 3.59. The normalized spacial score (nSPS) is 18.0. The molecular formula is C18H23N7. The second-order valence-electron chi connectivity index (χ2n) is 6.51. The predicted octanol–water partition coefficient (Wildman–Crippen LogP) is 1.96. The standard InChI is InChI=1S/C18H23N7/c1-2-7-16(8-3-1)25-18(20-21-22-25)10-5-13-23-12-4-9-17(23)15-24-14-6-11-19-24/h1-3,6-8,11,14,17H,4-5,9-10,12-13,15H2. The first-order valence-electron chi connectivity index (χ1n) is 8.94. The Kier molecular flexibility index (Phi) is 4.83. The van der Waals surface area contributed by atoms with Crippen molar-refractivity contribution < 1.29 is 0 Å². The van der Waals surface area contributed by atoms with Crippen molar-refractivity contribution in [3.05, 3.63) is 54.6 Å². The van der Waals surface area contributed by atoms with Crippen molar-refractivity contribution in [1.82, 2.24) is 34.9 Å². The van der Waals surface area contributed by atoms with Gasteiger partial charge < -0.3 is 0 Å². The number of para-hydroxylation sites is 1. The van der Waals surface area contributed by atoms with Crippen LogP contribution in [0.15, 0.2) is 48.8 Å². The Hall–Kier alpha value is -2.54. The van der Waals surface area contributed by atoms with E-state index in [1.165, 1.54) is 19.4 Å². The van der Waals surface area contributed by atoms with Gasteiger partial charge in [0.15, 0.2) is 5.82 Å². The zero-order chi connectivity index (χ0) is 16.9. The molecule has 0 N–H and O–H groups in total. The number of hydrogen-bond donors (Lipinski definition) is 0. The van der Waals surface area contributed by atoms with Gasteiger partial charge in [-0.05, 0) is 61.0 Å². The van der Waals surface area contributed by atoms with E-state index in [4.69, 9.17) is 0 Å². The SMILES string of the molecule is c1ccc(-n2nnnc2CCCN2CCCC2Cn2cccn2)cc1. The smallest absolute Gasteiger partial charge is 0.156 e. The van der Waals surface area contributed by atoms with Crippen molar-refractivity contribution in [3.63, 3.8) is 0 Å². The first-order valence-corrected chi connectivity index (χ1v) is 8.94. The van der Waals surface area contributed by atoms with Crippen molar-refractivity contribution in [1.29, 1.82) is 0 Å².